The molecule has 0 saturated carbocycles. The van der Waals surface area contributed by atoms with Crippen molar-refractivity contribution >= 4 is 5.91 Å². The molecule has 0 heterocycles. The van der Waals surface area contributed by atoms with Crippen molar-refractivity contribution in [2.75, 3.05) is 26.8 Å². The Morgan fingerprint density at radius 3 is 2.47 bits per heavy atom. The summed E-state index contributed by atoms with van der Waals surface area (Å²) in [6.07, 6.45) is 2.82. The van der Waals surface area contributed by atoms with E-state index < -0.39 is 0 Å². The highest BCUT2D eigenvalue weighted by atomic mass is 16.5. The molecular weight excluding hydrogens is 216 g/mol. The topological polar surface area (TPSA) is 55.6 Å². The number of carbonyl (C=O) groups excluding carboxylic acids is 1. The van der Waals surface area contributed by atoms with E-state index >= 15 is 0 Å². The van der Waals surface area contributed by atoms with Gasteiger partial charge in [0.2, 0.25) is 5.91 Å². The zero-order valence-corrected chi connectivity index (χ0v) is 11.7. The molecular formula is C13H28N2O2. The maximum Gasteiger partial charge on any atom is 0.227 e. The molecule has 0 saturated heterocycles. The van der Waals surface area contributed by atoms with Crippen LogP contribution in [-0.4, -0.2) is 43.7 Å². The molecule has 0 rings (SSSR count). The van der Waals surface area contributed by atoms with Gasteiger partial charge in [0.25, 0.3) is 0 Å². The minimum Gasteiger partial charge on any atom is -0.383 e. The van der Waals surface area contributed by atoms with Crippen LogP contribution in [0.1, 0.15) is 40.0 Å². The van der Waals surface area contributed by atoms with E-state index in [1.807, 2.05) is 4.90 Å². The van der Waals surface area contributed by atoms with Gasteiger partial charge < -0.3 is 15.4 Å². The fourth-order valence-electron chi connectivity index (χ4n) is 1.88. The zero-order chi connectivity index (χ0) is 13.3. The van der Waals surface area contributed by atoms with Gasteiger partial charge in [0.15, 0.2) is 0 Å². The number of ether oxygens (including phenoxy) is 1. The number of methoxy groups -OCH3 is 1. The zero-order valence-electron chi connectivity index (χ0n) is 11.7. The number of nitrogens with two attached hydrogens (primary N) is 1. The van der Waals surface area contributed by atoms with Crippen LogP contribution in [0.5, 0.6) is 0 Å². The van der Waals surface area contributed by atoms with Crippen LogP contribution in [0.4, 0.5) is 0 Å². The Balaban J connectivity index is 4.58. The van der Waals surface area contributed by atoms with E-state index in [-0.39, 0.29) is 17.9 Å². The van der Waals surface area contributed by atoms with E-state index in [2.05, 4.69) is 20.8 Å². The third-order valence-electron chi connectivity index (χ3n) is 3.21. The van der Waals surface area contributed by atoms with E-state index in [1.165, 1.54) is 0 Å². The highest BCUT2D eigenvalue weighted by Gasteiger charge is 2.25. The molecule has 0 aromatic heterocycles. The molecule has 0 aromatic rings. The fourth-order valence-corrected chi connectivity index (χ4v) is 1.88. The summed E-state index contributed by atoms with van der Waals surface area (Å²) in [6.45, 7) is 7.93. The Morgan fingerprint density at radius 2 is 2.06 bits per heavy atom. The SMILES string of the molecule is CCCC(CN)C(=O)N(CCOC)C(C)CC. The molecule has 0 fully saturated rings. The van der Waals surface area contributed by atoms with Gasteiger partial charge in [0.1, 0.15) is 0 Å². The van der Waals surface area contributed by atoms with Crippen LogP contribution >= 0.6 is 0 Å². The van der Waals surface area contributed by atoms with E-state index in [0.717, 1.165) is 19.3 Å². The van der Waals surface area contributed by atoms with Crippen molar-refractivity contribution in [3.63, 3.8) is 0 Å². The number of hydrogen-bond donors (Lipinski definition) is 1. The Morgan fingerprint density at radius 1 is 1.41 bits per heavy atom. The third kappa shape index (κ3) is 5.50. The molecule has 0 spiro atoms. The number of nitrogens with zero attached hydrogens (tertiary/aromatic N) is 1. The second-order valence-electron chi connectivity index (χ2n) is 4.50. The maximum absolute atomic E-state index is 12.4. The molecule has 17 heavy (non-hydrogen) atoms. The van der Waals surface area contributed by atoms with Gasteiger partial charge in [-0.1, -0.05) is 20.3 Å². The highest BCUT2D eigenvalue weighted by Crippen LogP contribution is 2.13. The molecule has 2 unspecified atom stereocenters. The van der Waals surface area contributed by atoms with Gasteiger partial charge in [-0.15, -0.1) is 0 Å². The number of hydrogen-bond acceptors (Lipinski definition) is 3. The first-order chi connectivity index (χ1) is 8.12. The van der Waals surface area contributed by atoms with Crippen LogP contribution in [0, 0.1) is 5.92 Å². The van der Waals surface area contributed by atoms with E-state index in [9.17, 15) is 4.79 Å². The van der Waals surface area contributed by atoms with Gasteiger partial charge in [-0.25, -0.2) is 0 Å². The molecule has 4 heteroatoms. The molecule has 102 valence electrons. The minimum absolute atomic E-state index is 0.0362. The van der Waals surface area contributed by atoms with Crippen molar-refractivity contribution in [3.8, 4) is 0 Å². The van der Waals surface area contributed by atoms with Crippen LogP contribution < -0.4 is 5.73 Å². The van der Waals surface area contributed by atoms with Gasteiger partial charge in [-0.05, 0) is 19.8 Å². The fraction of sp³-hybridized carbons (Fsp3) is 0.923. The van der Waals surface area contributed by atoms with Gasteiger partial charge in [0.05, 0.1) is 12.5 Å². The largest absolute Gasteiger partial charge is 0.383 e. The summed E-state index contributed by atoms with van der Waals surface area (Å²) in [4.78, 5) is 14.3. The monoisotopic (exact) mass is 244 g/mol. The van der Waals surface area contributed by atoms with Gasteiger partial charge in [-0.3, -0.25) is 4.79 Å². The van der Waals surface area contributed by atoms with Crippen molar-refractivity contribution in [3.05, 3.63) is 0 Å². The summed E-state index contributed by atoms with van der Waals surface area (Å²) < 4.78 is 5.07. The average Bonchev–Trinajstić information content (AvgIpc) is 2.35. The molecule has 0 aliphatic carbocycles. The number of carbonyl (C=O) groups is 1. The average molecular weight is 244 g/mol. The first-order valence-corrected chi connectivity index (χ1v) is 6.61. The molecule has 0 aliphatic rings. The molecule has 1 amide bonds. The van der Waals surface area contributed by atoms with E-state index in [1.54, 1.807) is 7.11 Å². The highest BCUT2D eigenvalue weighted by molar-refractivity contribution is 5.79. The van der Waals surface area contributed by atoms with Crippen molar-refractivity contribution in [1.82, 2.24) is 4.90 Å². The van der Waals surface area contributed by atoms with Crippen LogP contribution in [0.2, 0.25) is 0 Å². The minimum atomic E-state index is -0.0362. The summed E-state index contributed by atoms with van der Waals surface area (Å²) in [6, 6.07) is 0.253. The third-order valence-corrected chi connectivity index (χ3v) is 3.21. The first kappa shape index (κ1) is 16.4. The van der Waals surface area contributed by atoms with Crippen LogP contribution in [0.15, 0.2) is 0 Å². The summed E-state index contributed by atoms with van der Waals surface area (Å²) in [5.74, 6) is 0.145. The van der Waals surface area contributed by atoms with Crippen molar-refractivity contribution in [1.29, 1.82) is 0 Å². The molecule has 0 bridgehead atoms. The van der Waals surface area contributed by atoms with Crippen LogP contribution in [0.3, 0.4) is 0 Å². The van der Waals surface area contributed by atoms with E-state index in [4.69, 9.17) is 10.5 Å². The summed E-state index contributed by atoms with van der Waals surface area (Å²) in [5.41, 5.74) is 5.69. The van der Waals surface area contributed by atoms with Crippen molar-refractivity contribution in [2.45, 2.75) is 46.1 Å². The molecule has 0 radical (unpaired) electrons. The lowest BCUT2D eigenvalue weighted by atomic mass is 10.0. The second kappa shape index (κ2) is 9.42. The lowest BCUT2D eigenvalue weighted by Gasteiger charge is -2.31. The van der Waals surface area contributed by atoms with Gasteiger partial charge >= 0.3 is 0 Å². The lowest BCUT2D eigenvalue weighted by Crippen LogP contribution is -2.45. The van der Waals surface area contributed by atoms with Crippen molar-refractivity contribution in [2.24, 2.45) is 11.7 Å². The van der Waals surface area contributed by atoms with Gasteiger partial charge in [0, 0.05) is 26.2 Å². The molecule has 2 atom stereocenters. The smallest absolute Gasteiger partial charge is 0.227 e. The predicted molar refractivity (Wildman–Crippen MR) is 70.8 cm³/mol. The molecule has 0 aromatic carbocycles. The number of amides is 1. The quantitative estimate of drug-likeness (QED) is 0.671. The van der Waals surface area contributed by atoms with E-state index in [0.29, 0.717) is 19.7 Å². The van der Waals surface area contributed by atoms with Crippen LogP contribution in [-0.2, 0) is 9.53 Å². The Bertz CT molecular complexity index is 210. The number of rotatable bonds is 9. The summed E-state index contributed by atoms with van der Waals surface area (Å²) in [7, 11) is 1.66. The standard InChI is InChI=1S/C13H28N2O2/c1-5-7-12(10-14)13(16)15(8-9-17-4)11(3)6-2/h11-12H,5-10,14H2,1-4H3. The van der Waals surface area contributed by atoms with Gasteiger partial charge in [-0.2, -0.15) is 0 Å². The maximum atomic E-state index is 12.4. The summed E-state index contributed by atoms with van der Waals surface area (Å²) >= 11 is 0. The molecule has 0 aliphatic heterocycles. The molecule has 2 N–H and O–H groups in total. The Kier molecular flexibility index (Phi) is 9.09. The first-order valence-electron chi connectivity index (χ1n) is 6.61. The normalized spacial score (nSPS) is 14.4. The second-order valence-corrected chi connectivity index (χ2v) is 4.50. The summed E-state index contributed by atoms with van der Waals surface area (Å²) in [5, 5.41) is 0. The van der Waals surface area contributed by atoms with Crippen LogP contribution in [0.25, 0.3) is 0 Å². The Hall–Kier alpha value is -0.610. The lowest BCUT2D eigenvalue weighted by molar-refractivity contribution is -0.138. The Labute approximate surface area is 105 Å². The predicted octanol–water partition coefficient (Wildman–Crippen LogP) is 1.63. The van der Waals surface area contributed by atoms with Crippen molar-refractivity contribution < 1.29 is 9.53 Å². The molecule has 4 nitrogen and oxygen atoms in total.